The van der Waals surface area contributed by atoms with E-state index in [2.05, 4.69) is 27.7 Å². The number of aliphatic hydroxyl groups excluding tert-OH is 2. The van der Waals surface area contributed by atoms with Crippen LogP contribution in [-0.4, -0.2) is 25.4 Å². The maximum Gasteiger partial charge on any atom is 0.116 e. The molecule has 1 saturated heterocycles. The molecule has 0 spiro atoms. The molecule has 4 aliphatic rings. The number of hydrogen-bond donors (Lipinski definition) is 2. The van der Waals surface area contributed by atoms with E-state index >= 15 is 0 Å². The average molecular weight is 365 g/mol. The largest absolute Gasteiger partial charge is 0.512 e. The van der Waals surface area contributed by atoms with E-state index in [0.29, 0.717) is 23.0 Å². The van der Waals surface area contributed by atoms with Crippen LogP contribution in [0.5, 0.6) is 0 Å². The van der Waals surface area contributed by atoms with Crippen molar-refractivity contribution in [1.29, 1.82) is 0 Å². The normalized spacial score (nSPS) is 51.4. The molecule has 1 aliphatic heterocycles. The summed E-state index contributed by atoms with van der Waals surface area (Å²) in [7, 11) is -1.05. The lowest BCUT2D eigenvalue weighted by Gasteiger charge is -2.66. The molecule has 7 atom stereocenters. The van der Waals surface area contributed by atoms with Crippen LogP contribution < -0.4 is 0 Å². The Labute approximate surface area is 154 Å². The average Bonchev–Trinajstić information content (AvgIpc) is 2.48. The molecule has 0 bridgehead atoms. The van der Waals surface area contributed by atoms with Crippen molar-refractivity contribution in [3.63, 3.8) is 0 Å². The number of allylic oxidation sites excluding steroid dienone is 2. The van der Waals surface area contributed by atoms with E-state index < -0.39 is 10.8 Å². The molecule has 2 saturated carbocycles. The molecule has 0 aromatic carbocycles. The molecular formula is C21H32O3S. The summed E-state index contributed by atoms with van der Waals surface area (Å²) in [4.78, 5) is 0. The van der Waals surface area contributed by atoms with Gasteiger partial charge in [-0.1, -0.05) is 34.1 Å². The predicted octanol–water partition coefficient (Wildman–Crippen LogP) is 4.88. The summed E-state index contributed by atoms with van der Waals surface area (Å²) in [6.45, 7) is 9.59. The van der Waals surface area contributed by atoms with Crippen LogP contribution in [0.2, 0.25) is 0 Å². The number of fused-ring (bicyclic) bond motifs is 5. The lowest BCUT2D eigenvalue weighted by molar-refractivity contribution is -0.139. The minimum Gasteiger partial charge on any atom is -0.512 e. The summed E-state index contributed by atoms with van der Waals surface area (Å²) < 4.78 is 13.1. The van der Waals surface area contributed by atoms with Crippen molar-refractivity contribution in [2.24, 2.45) is 34.0 Å². The van der Waals surface area contributed by atoms with Gasteiger partial charge in [0.05, 0.1) is 5.25 Å². The first-order valence-corrected chi connectivity index (χ1v) is 11.2. The quantitative estimate of drug-likeness (QED) is 0.644. The van der Waals surface area contributed by atoms with Gasteiger partial charge >= 0.3 is 0 Å². The van der Waals surface area contributed by atoms with E-state index in [1.165, 1.54) is 31.8 Å². The highest BCUT2D eigenvalue weighted by atomic mass is 32.2. The molecule has 0 aromatic rings. The Morgan fingerprint density at radius 3 is 2.48 bits per heavy atom. The van der Waals surface area contributed by atoms with E-state index in [1.54, 1.807) is 6.08 Å². The molecule has 3 fully saturated rings. The second-order valence-corrected chi connectivity index (χ2v) is 11.8. The number of hydrogen-bond acceptors (Lipinski definition) is 3. The van der Waals surface area contributed by atoms with E-state index in [4.69, 9.17) is 0 Å². The van der Waals surface area contributed by atoms with Crippen molar-refractivity contribution >= 4 is 10.8 Å². The van der Waals surface area contributed by atoms with Crippen LogP contribution in [0.1, 0.15) is 59.8 Å². The molecule has 140 valence electrons. The highest BCUT2D eigenvalue weighted by Gasteiger charge is 2.64. The van der Waals surface area contributed by atoms with E-state index in [1.807, 2.05) is 0 Å². The number of aliphatic hydroxyl groups is 2. The van der Waals surface area contributed by atoms with Crippen LogP contribution in [-0.2, 0) is 10.8 Å². The van der Waals surface area contributed by atoms with Crippen molar-refractivity contribution in [3.8, 4) is 0 Å². The Morgan fingerprint density at radius 1 is 1.04 bits per heavy atom. The van der Waals surface area contributed by atoms with E-state index in [9.17, 15) is 14.4 Å². The fourth-order valence-corrected chi connectivity index (χ4v) is 9.74. The van der Waals surface area contributed by atoms with Crippen molar-refractivity contribution in [2.75, 3.05) is 5.75 Å². The van der Waals surface area contributed by atoms with Crippen LogP contribution in [0.3, 0.4) is 0 Å². The van der Waals surface area contributed by atoms with Crippen LogP contribution in [0.25, 0.3) is 0 Å². The van der Waals surface area contributed by atoms with Crippen molar-refractivity contribution < 1.29 is 14.4 Å². The van der Waals surface area contributed by atoms with Gasteiger partial charge in [-0.15, -0.1) is 0 Å². The molecule has 0 aromatic heterocycles. The Kier molecular flexibility index (Phi) is 3.79. The Bertz CT molecular complexity index is 679. The van der Waals surface area contributed by atoms with Gasteiger partial charge in [-0.25, -0.2) is 0 Å². The van der Waals surface area contributed by atoms with Crippen molar-refractivity contribution in [1.82, 2.24) is 0 Å². The molecule has 4 rings (SSSR count). The maximum absolute atomic E-state index is 13.1. The van der Waals surface area contributed by atoms with Crippen LogP contribution in [0.15, 0.2) is 23.7 Å². The first-order chi connectivity index (χ1) is 11.6. The van der Waals surface area contributed by atoms with Crippen LogP contribution in [0, 0.1) is 34.0 Å². The molecule has 2 N–H and O–H groups in total. The summed E-state index contributed by atoms with van der Waals surface area (Å²) in [5.41, 5.74) is 0.489. The zero-order chi connectivity index (χ0) is 18.2. The fraction of sp³-hybridized carbons (Fsp3) is 0.810. The SMILES string of the molecule is CC1(C)CCC[C@]2(C)[C@H]3CS(=O)C4C=C(O)C=C(O)C4[C@]3(C)CC[C@@H]12. The smallest absolute Gasteiger partial charge is 0.116 e. The summed E-state index contributed by atoms with van der Waals surface area (Å²) in [5.74, 6) is 1.92. The van der Waals surface area contributed by atoms with E-state index in [-0.39, 0.29) is 33.5 Å². The van der Waals surface area contributed by atoms with Gasteiger partial charge in [-0.3, -0.25) is 4.21 Å². The predicted molar refractivity (Wildman–Crippen MR) is 102 cm³/mol. The molecular weight excluding hydrogens is 332 g/mol. The molecule has 4 heteroatoms. The summed E-state index contributed by atoms with van der Waals surface area (Å²) in [6, 6.07) is 0. The molecule has 1 heterocycles. The van der Waals surface area contributed by atoms with Gasteiger partial charge in [0.1, 0.15) is 11.5 Å². The summed E-state index contributed by atoms with van der Waals surface area (Å²) in [6.07, 6.45) is 9.21. The Morgan fingerprint density at radius 2 is 1.76 bits per heavy atom. The summed E-state index contributed by atoms with van der Waals surface area (Å²) >= 11 is 0. The molecule has 0 amide bonds. The molecule has 3 nitrogen and oxygen atoms in total. The van der Waals surface area contributed by atoms with Gasteiger partial charge < -0.3 is 10.2 Å². The fourth-order valence-electron chi connectivity index (χ4n) is 7.38. The lowest BCUT2D eigenvalue weighted by Crippen LogP contribution is -2.63. The third-order valence-corrected chi connectivity index (χ3v) is 10.1. The minimum absolute atomic E-state index is 0.0466. The van der Waals surface area contributed by atoms with Crippen molar-refractivity contribution in [2.45, 2.75) is 65.0 Å². The molecule has 25 heavy (non-hydrogen) atoms. The maximum atomic E-state index is 13.1. The Balaban J connectivity index is 1.80. The van der Waals surface area contributed by atoms with Gasteiger partial charge in [-0.05, 0) is 59.8 Å². The van der Waals surface area contributed by atoms with Gasteiger partial charge in [0.2, 0.25) is 0 Å². The standard InChI is InChI=1S/C21H32O3S/c1-19(2)7-5-8-20(3)16(19)6-9-21(4)17(20)12-25(24)15-11-13(22)10-14(23)18(15)21/h10-11,15-18,22-23H,5-9,12H2,1-4H3/t15?,16-,17+,18?,20-,21+,25?/m0/s1. The third kappa shape index (κ3) is 2.32. The Hall–Kier alpha value is -0.770. The zero-order valence-electron chi connectivity index (χ0n) is 15.9. The highest BCUT2D eigenvalue weighted by molar-refractivity contribution is 7.85. The van der Waals surface area contributed by atoms with E-state index in [0.717, 1.165) is 6.42 Å². The van der Waals surface area contributed by atoms with Gasteiger partial charge in [0.15, 0.2) is 0 Å². The molecule has 3 aliphatic carbocycles. The van der Waals surface area contributed by atoms with Gasteiger partial charge in [0.25, 0.3) is 0 Å². The first kappa shape index (κ1) is 17.6. The second-order valence-electron chi connectivity index (χ2n) is 10.1. The van der Waals surface area contributed by atoms with Crippen LogP contribution in [0.4, 0.5) is 0 Å². The van der Waals surface area contributed by atoms with Crippen LogP contribution >= 0.6 is 0 Å². The lowest BCUT2D eigenvalue weighted by atomic mass is 9.41. The molecule has 3 unspecified atom stereocenters. The highest BCUT2D eigenvalue weighted by Crippen LogP contribution is 2.68. The van der Waals surface area contributed by atoms with Gasteiger partial charge in [0, 0.05) is 28.5 Å². The number of rotatable bonds is 0. The third-order valence-electron chi connectivity index (χ3n) is 8.46. The van der Waals surface area contributed by atoms with Crippen molar-refractivity contribution in [3.05, 3.63) is 23.7 Å². The zero-order valence-corrected chi connectivity index (χ0v) is 16.7. The first-order valence-electron chi connectivity index (χ1n) is 9.78. The van der Waals surface area contributed by atoms with Gasteiger partial charge in [-0.2, -0.15) is 0 Å². The molecule has 0 radical (unpaired) electrons. The minimum atomic E-state index is -1.05. The second kappa shape index (κ2) is 5.37. The monoisotopic (exact) mass is 364 g/mol. The summed E-state index contributed by atoms with van der Waals surface area (Å²) in [5, 5.41) is 20.4. The topological polar surface area (TPSA) is 57.5 Å².